The summed E-state index contributed by atoms with van der Waals surface area (Å²) in [7, 11) is 2.88. The zero-order valence-electron chi connectivity index (χ0n) is 16.7. The Labute approximate surface area is 173 Å². The van der Waals surface area contributed by atoms with Crippen molar-refractivity contribution >= 4 is 34.1 Å². The van der Waals surface area contributed by atoms with E-state index in [4.69, 9.17) is 9.47 Å². The predicted octanol–water partition coefficient (Wildman–Crippen LogP) is 3.04. The Morgan fingerprint density at radius 3 is 2.79 bits per heavy atom. The summed E-state index contributed by atoms with van der Waals surface area (Å²) < 4.78 is 10.5. The van der Waals surface area contributed by atoms with Crippen LogP contribution in [-0.4, -0.2) is 38.5 Å². The summed E-state index contributed by atoms with van der Waals surface area (Å²) in [6.07, 6.45) is 2.70. The maximum atomic E-state index is 12.4. The fourth-order valence-electron chi connectivity index (χ4n) is 3.34. The van der Waals surface area contributed by atoms with Crippen LogP contribution in [0.3, 0.4) is 0 Å². The molecule has 0 spiro atoms. The molecular formula is C21H24N2O5S. The lowest BCUT2D eigenvalue weighted by Gasteiger charge is -2.18. The number of esters is 1. The van der Waals surface area contributed by atoms with Crippen molar-refractivity contribution in [3.63, 3.8) is 0 Å². The van der Waals surface area contributed by atoms with Gasteiger partial charge in [-0.1, -0.05) is 13.0 Å². The predicted molar refractivity (Wildman–Crippen MR) is 111 cm³/mol. The molecule has 1 aromatic heterocycles. The van der Waals surface area contributed by atoms with Gasteiger partial charge in [-0.05, 0) is 48.9 Å². The molecule has 0 saturated heterocycles. The number of rotatable bonds is 6. The van der Waals surface area contributed by atoms with Gasteiger partial charge in [0, 0.05) is 17.5 Å². The molecule has 0 aliphatic heterocycles. The van der Waals surface area contributed by atoms with Gasteiger partial charge in [0.2, 0.25) is 0 Å². The van der Waals surface area contributed by atoms with Gasteiger partial charge in [0.15, 0.2) is 6.61 Å². The molecule has 7 nitrogen and oxygen atoms in total. The van der Waals surface area contributed by atoms with Gasteiger partial charge in [-0.15, -0.1) is 11.3 Å². The zero-order valence-corrected chi connectivity index (χ0v) is 17.5. The lowest BCUT2D eigenvalue weighted by atomic mass is 9.88. The summed E-state index contributed by atoms with van der Waals surface area (Å²) in [6, 6.07) is 6.58. The highest BCUT2D eigenvalue weighted by atomic mass is 32.1. The van der Waals surface area contributed by atoms with Gasteiger partial charge >= 0.3 is 5.97 Å². The Morgan fingerprint density at radius 2 is 2.07 bits per heavy atom. The molecule has 2 N–H and O–H groups in total. The highest BCUT2D eigenvalue weighted by Crippen LogP contribution is 2.40. The number of anilines is 1. The highest BCUT2D eigenvalue weighted by molar-refractivity contribution is 7.17. The minimum absolute atomic E-state index is 0.235. The number of nitrogens with one attached hydrogen (secondary N) is 2. The van der Waals surface area contributed by atoms with Gasteiger partial charge in [0.25, 0.3) is 11.8 Å². The molecule has 0 saturated carbocycles. The molecule has 1 unspecified atom stereocenters. The minimum atomic E-state index is -0.438. The van der Waals surface area contributed by atoms with Crippen molar-refractivity contribution in [2.24, 2.45) is 5.92 Å². The van der Waals surface area contributed by atoms with Gasteiger partial charge in [-0.2, -0.15) is 0 Å². The molecule has 3 rings (SSSR count). The molecule has 1 atom stereocenters. The smallest absolute Gasteiger partial charge is 0.341 e. The van der Waals surface area contributed by atoms with Gasteiger partial charge in [-0.25, -0.2) is 4.79 Å². The molecule has 2 amide bonds. The molecule has 1 aliphatic rings. The second kappa shape index (κ2) is 9.09. The lowest BCUT2D eigenvalue weighted by Crippen LogP contribution is -2.21. The Hall–Kier alpha value is -2.87. The molecule has 1 heterocycles. The van der Waals surface area contributed by atoms with E-state index in [2.05, 4.69) is 17.6 Å². The van der Waals surface area contributed by atoms with E-state index in [1.807, 2.05) is 0 Å². The van der Waals surface area contributed by atoms with Crippen LogP contribution in [0.25, 0.3) is 0 Å². The number of carbonyl (C=O) groups excluding carboxylic acids is 3. The van der Waals surface area contributed by atoms with E-state index < -0.39 is 5.97 Å². The van der Waals surface area contributed by atoms with Crippen molar-refractivity contribution in [1.82, 2.24) is 5.32 Å². The Morgan fingerprint density at radius 1 is 1.28 bits per heavy atom. The molecule has 1 aliphatic carbocycles. The topological polar surface area (TPSA) is 93.7 Å². The molecule has 29 heavy (non-hydrogen) atoms. The molecule has 0 bridgehead atoms. The van der Waals surface area contributed by atoms with Crippen molar-refractivity contribution in [3.8, 4) is 5.75 Å². The van der Waals surface area contributed by atoms with E-state index >= 15 is 0 Å². The standard InChI is InChI=1S/C21H24N2O5S/c1-12-7-8-15-16(9-12)29-20(18(15)21(26)27-3)23-17(24)11-28-14-6-4-5-13(10-14)19(25)22-2/h4-6,10,12H,7-9,11H2,1-3H3,(H,22,25)(H,23,24). The molecule has 0 radical (unpaired) electrons. The maximum absolute atomic E-state index is 12.4. The first-order valence-corrected chi connectivity index (χ1v) is 10.2. The third-order valence-electron chi connectivity index (χ3n) is 4.85. The van der Waals surface area contributed by atoms with E-state index in [0.717, 1.165) is 29.7 Å². The number of hydrogen-bond acceptors (Lipinski definition) is 6. The summed E-state index contributed by atoms with van der Waals surface area (Å²) in [5.41, 5.74) is 1.88. The molecule has 8 heteroatoms. The molecule has 0 fully saturated rings. The summed E-state index contributed by atoms with van der Waals surface area (Å²) in [6.45, 7) is 1.94. The number of hydrogen-bond donors (Lipinski definition) is 2. The number of amides is 2. The van der Waals surface area contributed by atoms with E-state index in [1.165, 1.54) is 18.4 Å². The Kier molecular flexibility index (Phi) is 6.53. The molecule has 1 aromatic carbocycles. The van der Waals surface area contributed by atoms with Crippen LogP contribution >= 0.6 is 11.3 Å². The SMILES string of the molecule is CNC(=O)c1cccc(OCC(=O)Nc2sc3c(c2C(=O)OC)CCC(C)C3)c1. The van der Waals surface area contributed by atoms with E-state index in [-0.39, 0.29) is 18.4 Å². The quantitative estimate of drug-likeness (QED) is 0.706. The number of methoxy groups -OCH3 is 1. The van der Waals surface area contributed by atoms with Crippen molar-refractivity contribution in [3.05, 3.63) is 45.8 Å². The normalized spacial score (nSPS) is 15.2. The average Bonchev–Trinajstić information content (AvgIpc) is 3.07. The maximum Gasteiger partial charge on any atom is 0.341 e. The summed E-state index contributed by atoms with van der Waals surface area (Å²) in [5.74, 6) is -0.0976. The van der Waals surface area contributed by atoms with Crippen molar-refractivity contribution < 1.29 is 23.9 Å². The van der Waals surface area contributed by atoms with Gasteiger partial charge < -0.3 is 20.1 Å². The van der Waals surface area contributed by atoms with E-state index in [1.54, 1.807) is 31.3 Å². The second-order valence-electron chi connectivity index (χ2n) is 6.99. The average molecular weight is 416 g/mol. The Balaban J connectivity index is 1.71. The van der Waals surface area contributed by atoms with Crippen LogP contribution in [0.1, 0.15) is 44.5 Å². The highest BCUT2D eigenvalue weighted by Gasteiger charge is 2.28. The third kappa shape index (κ3) is 4.76. The first-order valence-electron chi connectivity index (χ1n) is 9.40. The summed E-state index contributed by atoms with van der Waals surface area (Å²) in [4.78, 5) is 37.6. The number of ether oxygens (including phenoxy) is 2. The zero-order chi connectivity index (χ0) is 21.0. The second-order valence-corrected chi connectivity index (χ2v) is 8.10. The van der Waals surface area contributed by atoms with Crippen LogP contribution in [0.2, 0.25) is 0 Å². The van der Waals surface area contributed by atoms with Crippen molar-refractivity contribution in [2.45, 2.75) is 26.2 Å². The number of thiophene rings is 1. The number of carbonyl (C=O) groups is 3. The third-order valence-corrected chi connectivity index (χ3v) is 6.02. The minimum Gasteiger partial charge on any atom is -0.484 e. The lowest BCUT2D eigenvalue weighted by molar-refractivity contribution is -0.118. The van der Waals surface area contributed by atoms with Gasteiger partial charge in [0.1, 0.15) is 10.8 Å². The molecule has 2 aromatic rings. The van der Waals surface area contributed by atoms with E-state index in [0.29, 0.717) is 27.8 Å². The fraction of sp³-hybridized carbons (Fsp3) is 0.381. The fourth-order valence-corrected chi connectivity index (χ4v) is 4.75. The first-order chi connectivity index (χ1) is 13.9. The summed E-state index contributed by atoms with van der Waals surface area (Å²) in [5, 5.41) is 5.83. The van der Waals surface area contributed by atoms with Crippen molar-refractivity contribution in [1.29, 1.82) is 0 Å². The summed E-state index contributed by atoms with van der Waals surface area (Å²) >= 11 is 1.43. The molecule has 154 valence electrons. The first kappa shape index (κ1) is 20.9. The number of fused-ring (bicyclic) bond motifs is 1. The van der Waals surface area contributed by atoms with Gasteiger partial charge in [-0.3, -0.25) is 9.59 Å². The largest absolute Gasteiger partial charge is 0.484 e. The number of benzene rings is 1. The Bertz CT molecular complexity index is 937. The van der Waals surface area contributed by atoms with Crippen LogP contribution in [0.5, 0.6) is 5.75 Å². The van der Waals surface area contributed by atoms with Crippen LogP contribution in [0.15, 0.2) is 24.3 Å². The van der Waals surface area contributed by atoms with Gasteiger partial charge in [0.05, 0.1) is 12.7 Å². The van der Waals surface area contributed by atoms with Crippen LogP contribution < -0.4 is 15.4 Å². The van der Waals surface area contributed by atoms with Crippen molar-refractivity contribution in [2.75, 3.05) is 26.1 Å². The monoisotopic (exact) mass is 416 g/mol. The van der Waals surface area contributed by atoms with Crippen LogP contribution in [-0.2, 0) is 22.4 Å². The van der Waals surface area contributed by atoms with Crippen LogP contribution in [0, 0.1) is 5.92 Å². The molecular weight excluding hydrogens is 392 g/mol. The van der Waals surface area contributed by atoms with Crippen LogP contribution in [0.4, 0.5) is 5.00 Å². The van der Waals surface area contributed by atoms with E-state index in [9.17, 15) is 14.4 Å².